The molecule has 0 unspecified atom stereocenters. The SMILES string of the molecule is CCCCCCCOc1ccc(CNCc2ccc(C)cc2)cc1OC. The Bertz CT molecular complexity index is 637. The fourth-order valence-electron chi connectivity index (χ4n) is 2.89. The lowest BCUT2D eigenvalue weighted by atomic mass is 10.1. The zero-order valence-electron chi connectivity index (χ0n) is 16.5. The number of ether oxygens (including phenoxy) is 2. The maximum atomic E-state index is 5.90. The maximum Gasteiger partial charge on any atom is 0.161 e. The second kappa shape index (κ2) is 11.6. The van der Waals surface area contributed by atoms with Crippen LogP contribution in [0.25, 0.3) is 0 Å². The average molecular weight is 356 g/mol. The van der Waals surface area contributed by atoms with E-state index in [1.807, 2.05) is 6.07 Å². The van der Waals surface area contributed by atoms with Gasteiger partial charge in [0.2, 0.25) is 0 Å². The third kappa shape index (κ3) is 7.09. The van der Waals surface area contributed by atoms with Crippen LogP contribution in [0.1, 0.15) is 55.7 Å². The molecule has 0 aliphatic heterocycles. The molecule has 0 atom stereocenters. The number of nitrogens with one attached hydrogen (secondary N) is 1. The van der Waals surface area contributed by atoms with Gasteiger partial charge in [0.05, 0.1) is 13.7 Å². The summed E-state index contributed by atoms with van der Waals surface area (Å²) < 4.78 is 11.4. The molecule has 1 N–H and O–H groups in total. The van der Waals surface area contributed by atoms with Gasteiger partial charge in [-0.2, -0.15) is 0 Å². The molecule has 2 aromatic carbocycles. The van der Waals surface area contributed by atoms with E-state index in [1.54, 1.807) is 7.11 Å². The van der Waals surface area contributed by atoms with Crippen LogP contribution < -0.4 is 14.8 Å². The van der Waals surface area contributed by atoms with Crippen molar-refractivity contribution in [3.8, 4) is 11.5 Å². The molecular weight excluding hydrogens is 322 g/mol. The Hall–Kier alpha value is -2.00. The fourth-order valence-corrected chi connectivity index (χ4v) is 2.89. The van der Waals surface area contributed by atoms with Crippen LogP contribution in [0.4, 0.5) is 0 Å². The van der Waals surface area contributed by atoms with E-state index in [0.717, 1.165) is 37.6 Å². The molecule has 0 amide bonds. The van der Waals surface area contributed by atoms with Crippen LogP contribution in [0, 0.1) is 6.92 Å². The van der Waals surface area contributed by atoms with E-state index in [4.69, 9.17) is 9.47 Å². The third-order valence-corrected chi connectivity index (χ3v) is 4.51. The Morgan fingerprint density at radius 2 is 1.50 bits per heavy atom. The van der Waals surface area contributed by atoms with Crippen LogP contribution >= 0.6 is 0 Å². The second-order valence-electron chi connectivity index (χ2n) is 6.84. The summed E-state index contributed by atoms with van der Waals surface area (Å²) in [5.41, 5.74) is 3.79. The number of unbranched alkanes of at least 4 members (excludes halogenated alkanes) is 4. The van der Waals surface area contributed by atoms with Gasteiger partial charge in [0.1, 0.15) is 0 Å². The molecule has 0 bridgehead atoms. The van der Waals surface area contributed by atoms with Gasteiger partial charge < -0.3 is 14.8 Å². The molecule has 0 fully saturated rings. The summed E-state index contributed by atoms with van der Waals surface area (Å²) in [7, 11) is 1.70. The van der Waals surface area contributed by atoms with E-state index in [0.29, 0.717) is 0 Å². The van der Waals surface area contributed by atoms with Crippen LogP contribution in [0.3, 0.4) is 0 Å². The normalized spacial score (nSPS) is 10.7. The van der Waals surface area contributed by atoms with Gasteiger partial charge in [0.25, 0.3) is 0 Å². The monoisotopic (exact) mass is 355 g/mol. The lowest BCUT2D eigenvalue weighted by Crippen LogP contribution is -2.12. The quantitative estimate of drug-likeness (QED) is 0.500. The Morgan fingerprint density at radius 1 is 0.808 bits per heavy atom. The van der Waals surface area contributed by atoms with Crippen molar-refractivity contribution >= 4 is 0 Å². The molecule has 3 nitrogen and oxygen atoms in total. The maximum absolute atomic E-state index is 5.90. The highest BCUT2D eigenvalue weighted by molar-refractivity contribution is 5.43. The molecule has 0 aliphatic rings. The first-order valence-electron chi connectivity index (χ1n) is 9.79. The summed E-state index contributed by atoms with van der Waals surface area (Å²) in [6, 6.07) is 14.8. The largest absolute Gasteiger partial charge is 0.493 e. The molecular formula is C23H33NO2. The highest BCUT2D eigenvalue weighted by Gasteiger charge is 2.06. The summed E-state index contributed by atoms with van der Waals surface area (Å²) in [5.74, 6) is 1.65. The standard InChI is InChI=1S/C23H33NO2/c1-4-5-6-7-8-15-26-22-14-13-21(16-23(22)25-3)18-24-17-20-11-9-19(2)10-12-20/h9-14,16,24H,4-8,15,17-18H2,1-3H3. The summed E-state index contributed by atoms with van der Waals surface area (Å²) in [4.78, 5) is 0. The first-order chi connectivity index (χ1) is 12.7. The minimum Gasteiger partial charge on any atom is -0.493 e. The number of hydrogen-bond donors (Lipinski definition) is 1. The van der Waals surface area contributed by atoms with Gasteiger partial charge in [-0.1, -0.05) is 68.5 Å². The van der Waals surface area contributed by atoms with Crippen LogP contribution in [0.5, 0.6) is 11.5 Å². The summed E-state index contributed by atoms with van der Waals surface area (Å²) in [6.45, 7) is 6.77. The first-order valence-corrected chi connectivity index (χ1v) is 9.79. The lowest BCUT2D eigenvalue weighted by Gasteiger charge is -2.13. The third-order valence-electron chi connectivity index (χ3n) is 4.51. The second-order valence-corrected chi connectivity index (χ2v) is 6.84. The van der Waals surface area contributed by atoms with Crippen molar-refractivity contribution in [3.05, 3.63) is 59.2 Å². The zero-order valence-corrected chi connectivity index (χ0v) is 16.5. The molecule has 0 radical (unpaired) electrons. The van der Waals surface area contributed by atoms with E-state index < -0.39 is 0 Å². The van der Waals surface area contributed by atoms with E-state index in [-0.39, 0.29) is 0 Å². The number of rotatable bonds is 12. The van der Waals surface area contributed by atoms with E-state index in [1.165, 1.54) is 42.4 Å². The van der Waals surface area contributed by atoms with Crippen molar-refractivity contribution < 1.29 is 9.47 Å². The van der Waals surface area contributed by atoms with Gasteiger partial charge in [-0.15, -0.1) is 0 Å². The Morgan fingerprint density at radius 3 is 2.23 bits per heavy atom. The zero-order chi connectivity index (χ0) is 18.6. The number of hydrogen-bond acceptors (Lipinski definition) is 3. The first kappa shape index (κ1) is 20.3. The van der Waals surface area contributed by atoms with Crippen molar-refractivity contribution in [3.63, 3.8) is 0 Å². The van der Waals surface area contributed by atoms with Gasteiger partial charge in [0.15, 0.2) is 11.5 Å². The number of benzene rings is 2. The molecule has 0 saturated carbocycles. The van der Waals surface area contributed by atoms with Gasteiger partial charge >= 0.3 is 0 Å². The molecule has 3 heteroatoms. The molecule has 2 aromatic rings. The minimum atomic E-state index is 0.755. The molecule has 142 valence electrons. The predicted octanol–water partition coefficient (Wildman–Crippen LogP) is 5.64. The molecule has 0 heterocycles. The minimum absolute atomic E-state index is 0.755. The average Bonchev–Trinajstić information content (AvgIpc) is 2.66. The fraction of sp³-hybridized carbons (Fsp3) is 0.478. The summed E-state index contributed by atoms with van der Waals surface area (Å²) >= 11 is 0. The van der Waals surface area contributed by atoms with E-state index >= 15 is 0 Å². The molecule has 0 saturated heterocycles. The number of aryl methyl sites for hydroxylation is 1. The molecule has 0 spiro atoms. The summed E-state index contributed by atoms with van der Waals surface area (Å²) in [6.07, 6.45) is 6.21. The summed E-state index contributed by atoms with van der Waals surface area (Å²) in [5, 5.41) is 3.48. The van der Waals surface area contributed by atoms with Crippen LogP contribution in [-0.4, -0.2) is 13.7 Å². The van der Waals surface area contributed by atoms with Gasteiger partial charge in [-0.05, 0) is 36.6 Å². The van der Waals surface area contributed by atoms with Crippen LogP contribution in [0.15, 0.2) is 42.5 Å². The van der Waals surface area contributed by atoms with Gasteiger partial charge in [-0.25, -0.2) is 0 Å². The number of methoxy groups -OCH3 is 1. The smallest absolute Gasteiger partial charge is 0.161 e. The van der Waals surface area contributed by atoms with Crippen molar-refractivity contribution in [2.75, 3.05) is 13.7 Å². The van der Waals surface area contributed by atoms with Gasteiger partial charge in [-0.3, -0.25) is 0 Å². The molecule has 2 rings (SSSR count). The topological polar surface area (TPSA) is 30.5 Å². The van der Waals surface area contributed by atoms with Crippen molar-refractivity contribution in [2.24, 2.45) is 0 Å². The predicted molar refractivity (Wildman–Crippen MR) is 109 cm³/mol. The van der Waals surface area contributed by atoms with Crippen LogP contribution in [-0.2, 0) is 13.1 Å². The van der Waals surface area contributed by atoms with Crippen LogP contribution in [0.2, 0.25) is 0 Å². The molecule has 26 heavy (non-hydrogen) atoms. The van der Waals surface area contributed by atoms with Gasteiger partial charge in [0, 0.05) is 13.1 Å². The highest BCUT2D eigenvalue weighted by atomic mass is 16.5. The van der Waals surface area contributed by atoms with E-state index in [2.05, 4.69) is 55.6 Å². The Labute approximate surface area is 158 Å². The Balaban J connectivity index is 1.78. The van der Waals surface area contributed by atoms with E-state index in [9.17, 15) is 0 Å². The van der Waals surface area contributed by atoms with Crippen molar-refractivity contribution in [1.82, 2.24) is 5.32 Å². The highest BCUT2D eigenvalue weighted by Crippen LogP contribution is 2.28. The van der Waals surface area contributed by atoms with Crippen molar-refractivity contribution in [1.29, 1.82) is 0 Å². The van der Waals surface area contributed by atoms with Crippen molar-refractivity contribution in [2.45, 2.75) is 59.0 Å². The molecule has 0 aromatic heterocycles. The molecule has 0 aliphatic carbocycles. The lowest BCUT2D eigenvalue weighted by molar-refractivity contribution is 0.284. The Kier molecular flexibility index (Phi) is 9.05.